The predicted molar refractivity (Wildman–Crippen MR) is 112 cm³/mol. The van der Waals surface area contributed by atoms with Crippen LogP contribution in [0.2, 0.25) is 0 Å². The molecule has 0 saturated carbocycles. The number of imide groups is 1. The van der Waals surface area contributed by atoms with E-state index in [1.165, 1.54) is 17.0 Å². The lowest BCUT2D eigenvalue weighted by molar-refractivity contribution is -0.120. The molecule has 2 aromatic carbocycles. The van der Waals surface area contributed by atoms with Gasteiger partial charge in [0.15, 0.2) is 0 Å². The first-order chi connectivity index (χ1) is 13.8. The van der Waals surface area contributed by atoms with E-state index >= 15 is 0 Å². The third-order valence-electron chi connectivity index (χ3n) is 5.63. The van der Waals surface area contributed by atoms with E-state index in [9.17, 15) is 14.0 Å². The fourth-order valence-corrected chi connectivity index (χ4v) is 4.40. The van der Waals surface area contributed by atoms with E-state index < -0.39 is 0 Å². The van der Waals surface area contributed by atoms with Gasteiger partial charge in [0.05, 0.1) is 11.3 Å². The molecule has 0 spiro atoms. The SMILES string of the molecule is Cc1cc(C)cc(N2C(=O)C(c3ccc(F)cc3)=C(N3CCCC(C)C3)C2=O)c1. The van der Waals surface area contributed by atoms with E-state index in [2.05, 4.69) is 6.92 Å². The highest BCUT2D eigenvalue weighted by Crippen LogP contribution is 2.37. The molecule has 0 bridgehead atoms. The van der Waals surface area contributed by atoms with Crippen molar-refractivity contribution in [1.82, 2.24) is 4.90 Å². The number of rotatable bonds is 3. The Morgan fingerprint density at radius 2 is 1.62 bits per heavy atom. The number of halogens is 1. The lowest BCUT2D eigenvalue weighted by Gasteiger charge is -2.33. The third kappa shape index (κ3) is 3.57. The van der Waals surface area contributed by atoms with E-state index in [0.29, 0.717) is 28.4 Å². The second-order valence-corrected chi connectivity index (χ2v) is 8.22. The Kier molecular flexibility index (Phi) is 4.99. The molecule has 2 heterocycles. The van der Waals surface area contributed by atoms with Crippen molar-refractivity contribution >= 4 is 23.1 Å². The van der Waals surface area contributed by atoms with Gasteiger partial charge in [-0.1, -0.05) is 25.1 Å². The molecular weight excluding hydrogens is 367 g/mol. The molecule has 0 aromatic heterocycles. The van der Waals surface area contributed by atoms with Gasteiger partial charge in [-0.05, 0) is 73.6 Å². The van der Waals surface area contributed by atoms with Crippen molar-refractivity contribution in [2.75, 3.05) is 18.0 Å². The standard InChI is InChI=1S/C24H25FN2O2/c1-15-5-4-10-26(14-15)22-21(18-6-8-19(25)9-7-18)23(28)27(24(22)29)20-12-16(2)11-17(3)13-20/h6-9,11-13,15H,4-5,10,14H2,1-3H3. The molecule has 5 heteroatoms. The average molecular weight is 392 g/mol. The van der Waals surface area contributed by atoms with E-state index in [1.54, 1.807) is 12.1 Å². The van der Waals surface area contributed by atoms with Crippen molar-refractivity contribution in [3.63, 3.8) is 0 Å². The van der Waals surface area contributed by atoms with Crippen molar-refractivity contribution < 1.29 is 14.0 Å². The van der Waals surface area contributed by atoms with Crippen LogP contribution in [0.3, 0.4) is 0 Å². The van der Waals surface area contributed by atoms with E-state index in [-0.39, 0.29) is 17.6 Å². The number of aryl methyl sites for hydroxylation is 2. The first-order valence-electron chi connectivity index (χ1n) is 10.1. The van der Waals surface area contributed by atoms with E-state index in [1.807, 2.05) is 36.9 Å². The predicted octanol–water partition coefficient (Wildman–Crippen LogP) is 4.46. The highest BCUT2D eigenvalue weighted by molar-refractivity contribution is 6.45. The molecule has 150 valence electrons. The van der Waals surface area contributed by atoms with Crippen LogP contribution < -0.4 is 4.90 Å². The molecule has 29 heavy (non-hydrogen) atoms. The van der Waals surface area contributed by atoms with Crippen molar-refractivity contribution in [3.8, 4) is 0 Å². The summed E-state index contributed by atoms with van der Waals surface area (Å²) in [6, 6.07) is 11.5. The number of carbonyl (C=O) groups excluding carboxylic acids is 2. The summed E-state index contributed by atoms with van der Waals surface area (Å²) in [5.74, 6) is -0.567. The van der Waals surface area contributed by atoms with Crippen LogP contribution >= 0.6 is 0 Å². The number of hydrogen-bond acceptors (Lipinski definition) is 3. The van der Waals surface area contributed by atoms with Gasteiger partial charge in [-0.2, -0.15) is 0 Å². The zero-order valence-electron chi connectivity index (χ0n) is 17.0. The van der Waals surface area contributed by atoms with Crippen LogP contribution in [0, 0.1) is 25.6 Å². The smallest absolute Gasteiger partial charge is 0.282 e. The number of benzene rings is 2. The zero-order chi connectivity index (χ0) is 20.7. The monoisotopic (exact) mass is 392 g/mol. The van der Waals surface area contributed by atoms with E-state index in [0.717, 1.165) is 37.1 Å². The minimum absolute atomic E-state index is 0.298. The molecule has 1 saturated heterocycles. The van der Waals surface area contributed by atoms with Crippen LogP contribution in [0.25, 0.3) is 5.57 Å². The van der Waals surface area contributed by atoms with Gasteiger partial charge in [-0.25, -0.2) is 9.29 Å². The fraction of sp³-hybridized carbons (Fsp3) is 0.333. The van der Waals surface area contributed by atoms with Crippen molar-refractivity contribution in [3.05, 3.63) is 70.7 Å². The number of hydrogen-bond donors (Lipinski definition) is 0. The minimum atomic E-state index is -0.370. The summed E-state index contributed by atoms with van der Waals surface area (Å²) in [4.78, 5) is 30.3. The maximum absolute atomic E-state index is 13.5. The molecule has 1 unspecified atom stereocenters. The summed E-state index contributed by atoms with van der Waals surface area (Å²) < 4.78 is 13.5. The van der Waals surface area contributed by atoms with Crippen LogP contribution in [0.4, 0.5) is 10.1 Å². The quantitative estimate of drug-likeness (QED) is 0.724. The second kappa shape index (κ2) is 7.47. The molecular formula is C24H25FN2O2. The Morgan fingerprint density at radius 1 is 0.966 bits per heavy atom. The normalized spacial score (nSPS) is 20.1. The largest absolute Gasteiger partial charge is 0.366 e. The maximum Gasteiger partial charge on any atom is 0.282 e. The Morgan fingerprint density at radius 3 is 2.24 bits per heavy atom. The van der Waals surface area contributed by atoms with Crippen molar-refractivity contribution in [1.29, 1.82) is 0 Å². The maximum atomic E-state index is 13.5. The number of carbonyl (C=O) groups is 2. The van der Waals surface area contributed by atoms with Gasteiger partial charge in [0.25, 0.3) is 11.8 Å². The Bertz CT molecular complexity index is 990. The van der Waals surface area contributed by atoms with Gasteiger partial charge in [-0.15, -0.1) is 0 Å². The third-order valence-corrected chi connectivity index (χ3v) is 5.63. The lowest BCUT2D eigenvalue weighted by Crippen LogP contribution is -2.39. The lowest BCUT2D eigenvalue weighted by atomic mass is 9.98. The average Bonchev–Trinajstić information content (AvgIpc) is 2.92. The highest BCUT2D eigenvalue weighted by atomic mass is 19.1. The highest BCUT2D eigenvalue weighted by Gasteiger charge is 2.43. The molecule has 4 nitrogen and oxygen atoms in total. The van der Waals surface area contributed by atoms with Crippen LogP contribution in [-0.2, 0) is 9.59 Å². The van der Waals surface area contributed by atoms with Gasteiger partial charge < -0.3 is 4.90 Å². The van der Waals surface area contributed by atoms with Gasteiger partial charge >= 0.3 is 0 Å². The number of amides is 2. The van der Waals surface area contributed by atoms with Crippen LogP contribution in [0.15, 0.2) is 48.2 Å². The second-order valence-electron chi connectivity index (χ2n) is 8.22. The number of piperidine rings is 1. The molecule has 2 aliphatic heterocycles. The zero-order valence-corrected chi connectivity index (χ0v) is 17.0. The molecule has 0 N–H and O–H groups in total. The summed E-state index contributed by atoms with van der Waals surface area (Å²) in [5.41, 5.74) is 3.94. The molecule has 1 fully saturated rings. The summed E-state index contributed by atoms with van der Waals surface area (Å²) in [5, 5.41) is 0. The Hall–Kier alpha value is -2.95. The van der Waals surface area contributed by atoms with Crippen LogP contribution in [0.1, 0.15) is 36.5 Å². The Labute approximate surface area is 170 Å². The summed E-state index contributed by atoms with van der Waals surface area (Å²) >= 11 is 0. The van der Waals surface area contributed by atoms with Crippen LogP contribution in [0.5, 0.6) is 0 Å². The summed E-state index contributed by atoms with van der Waals surface area (Å²) in [6.07, 6.45) is 2.09. The molecule has 2 aliphatic rings. The minimum Gasteiger partial charge on any atom is -0.366 e. The fourth-order valence-electron chi connectivity index (χ4n) is 4.40. The molecule has 1 atom stereocenters. The summed E-state index contributed by atoms with van der Waals surface area (Å²) in [7, 11) is 0. The number of likely N-dealkylation sites (tertiary alicyclic amines) is 1. The van der Waals surface area contributed by atoms with Crippen LogP contribution in [-0.4, -0.2) is 29.8 Å². The number of anilines is 1. The van der Waals surface area contributed by atoms with Gasteiger partial charge in [0, 0.05) is 13.1 Å². The first-order valence-corrected chi connectivity index (χ1v) is 10.1. The van der Waals surface area contributed by atoms with Crippen molar-refractivity contribution in [2.24, 2.45) is 5.92 Å². The van der Waals surface area contributed by atoms with E-state index in [4.69, 9.17) is 0 Å². The molecule has 0 radical (unpaired) electrons. The van der Waals surface area contributed by atoms with Gasteiger partial charge in [0.1, 0.15) is 11.5 Å². The molecule has 4 rings (SSSR count). The molecule has 2 aromatic rings. The Balaban J connectivity index is 1.84. The molecule has 0 aliphatic carbocycles. The first kappa shape index (κ1) is 19.4. The molecule has 2 amide bonds. The topological polar surface area (TPSA) is 40.6 Å². The summed E-state index contributed by atoms with van der Waals surface area (Å²) in [6.45, 7) is 7.53. The van der Waals surface area contributed by atoms with Gasteiger partial charge in [0.2, 0.25) is 0 Å². The van der Waals surface area contributed by atoms with Gasteiger partial charge in [-0.3, -0.25) is 9.59 Å². The van der Waals surface area contributed by atoms with Crippen molar-refractivity contribution in [2.45, 2.75) is 33.6 Å². The number of nitrogens with zero attached hydrogens (tertiary/aromatic N) is 2.